The zero-order valence-corrected chi connectivity index (χ0v) is 16.2. The topological polar surface area (TPSA) is 40.5 Å². The van der Waals surface area contributed by atoms with Crippen LogP contribution in [0.4, 0.5) is 23.2 Å². The molecule has 3 rings (SSSR count). The van der Waals surface area contributed by atoms with E-state index in [1.165, 1.54) is 12.1 Å². The molecular weight excluding hydrogens is 374 g/mol. The zero-order valence-electron chi connectivity index (χ0n) is 16.2. The van der Waals surface area contributed by atoms with Crippen LogP contribution in [0, 0.1) is 35.4 Å². The summed E-state index contributed by atoms with van der Waals surface area (Å²) in [6.07, 6.45) is -1.31. The van der Waals surface area contributed by atoms with E-state index in [-0.39, 0.29) is 19.5 Å². The Morgan fingerprint density at radius 2 is 1.82 bits per heavy atom. The van der Waals surface area contributed by atoms with Gasteiger partial charge >= 0.3 is 12.1 Å². The number of hydrogen-bond donors (Lipinski definition) is 1. The Labute approximate surface area is 162 Å². The molecule has 3 nitrogen and oxygen atoms in total. The van der Waals surface area contributed by atoms with Crippen LogP contribution in [0.1, 0.15) is 38.7 Å². The standard InChI is InChI=1S/C21H27F4NO2/c1-12-10-26(11-13(2)19(12)21(23,24)25)18-9-17(22)6-5-15(18)8-16(20(27)28)7-14-3-4-14/h5-6,9,12-14,16,19H,3-4,7-8,10-11H2,1-2H3,(H,27,28). The molecule has 1 saturated carbocycles. The van der Waals surface area contributed by atoms with Gasteiger partial charge in [0, 0.05) is 18.8 Å². The molecule has 0 spiro atoms. The first kappa shape index (κ1) is 20.9. The van der Waals surface area contributed by atoms with E-state index < -0.39 is 41.6 Å². The number of carbonyl (C=O) groups is 1. The minimum Gasteiger partial charge on any atom is -0.481 e. The van der Waals surface area contributed by atoms with Crippen molar-refractivity contribution in [3.63, 3.8) is 0 Å². The van der Waals surface area contributed by atoms with Gasteiger partial charge in [0.2, 0.25) is 0 Å². The number of alkyl halides is 3. The Kier molecular flexibility index (Phi) is 5.92. The molecule has 1 heterocycles. The molecule has 1 saturated heterocycles. The highest BCUT2D eigenvalue weighted by molar-refractivity contribution is 5.71. The molecule has 0 radical (unpaired) electrons. The lowest BCUT2D eigenvalue weighted by atomic mass is 9.78. The maximum Gasteiger partial charge on any atom is 0.392 e. The van der Waals surface area contributed by atoms with E-state index in [1.807, 2.05) is 0 Å². The van der Waals surface area contributed by atoms with E-state index in [1.54, 1.807) is 24.8 Å². The number of aliphatic carboxylic acids is 1. The average Bonchev–Trinajstić information content (AvgIpc) is 3.37. The van der Waals surface area contributed by atoms with Gasteiger partial charge in [0.05, 0.1) is 11.8 Å². The van der Waals surface area contributed by atoms with Crippen LogP contribution in [0.15, 0.2) is 18.2 Å². The van der Waals surface area contributed by atoms with E-state index >= 15 is 0 Å². The van der Waals surface area contributed by atoms with Gasteiger partial charge in [-0.3, -0.25) is 4.79 Å². The number of rotatable bonds is 6. The number of piperidine rings is 1. The van der Waals surface area contributed by atoms with Crippen molar-refractivity contribution in [2.75, 3.05) is 18.0 Å². The van der Waals surface area contributed by atoms with Gasteiger partial charge in [0.1, 0.15) is 5.82 Å². The van der Waals surface area contributed by atoms with Gasteiger partial charge in [0.25, 0.3) is 0 Å². The molecular formula is C21H27F4NO2. The summed E-state index contributed by atoms with van der Waals surface area (Å²) >= 11 is 0. The minimum atomic E-state index is -4.26. The van der Waals surface area contributed by atoms with Crippen LogP contribution in [0.3, 0.4) is 0 Å². The number of anilines is 1. The van der Waals surface area contributed by atoms with E-state index in [9.17, 15) is 27.5 Å². The van der Waals surface area contributed by atoms with Gasteiger partial charge < -0.3 is 10.0 Å². The van der Waals surface area contributed by atoms with Crippen LogP contribution in [-0.4, -0.2) is 30.3 Å². The number of hydrogen-bond acceptors (Lipinski definition) is 2. The molecule has 0 bridgehead atoms. The van der Waals surface area contributed by atoms with Crippen molar-refractivity contribution in [3.8, 4) is 0 Å². The summed E-state index contributed by atoms with van der Waals surface area (Å²) in [5.41, 5.74) is 1.22. The monoisotopic (exact) mass is 401 g/mol. The largest absolute Gasteiger partial charge is 0.481 e. The summed E-state index contributed by atoms with van der Waals surface area (Å²) < 4.78 is 54.0. The summed E-state index contributed by atoms with van der Waals surface area (Å²) in [7, 11) is 0. The number of halogens is 4. The highest BCUT2D eigenvalue weighted by atomic mass is 19.4. The van der Waals surface area contributed by atoms with E-state index in [2.05, 4.69) is 0 Å². The fourth-order valence-electron chi connectivity index (χ4n) is 4.70. The molecule has 3 unspecified atom stereocenters. The maximum atomic E-state index is 14.0. The molecule has 0 amide bonds. The average molecular weight is 401 g/mol. The second-order valence-corrected chi connectivity index (χ2v) is 8.62. The summed E-state index contributed by atoms with van der Waals surface area (Å²) in [5.74, 6) is -4.09. The molecule has 1 aliphatic carbocycles. The van der Waals surface area contributed by atoms with Crippen molar-refractivity contribution in [2.24, 2.45) is 29.6 Å². The second-order valence-electron chi connectivity index (χ2n) is 8.62. The Balaban J connectivity index is 1.83. The van der Waals surface area contributed by atoms with Crippen LogP contribution in [0.5, 0.6) is 0 Å². The first-order valence-electron chi connectivity index (χ1n) is 9.89. The van der Waals surface area contributed by atoms with Gasteiger partial charge in [-0.1, -0.05) is 32.8 Å². The van der Waals surface area contributed by atoms with Crippen molar-refractivity contribution >= 4 is 11.7 Å². The van der Waals surface area contributed by atoms with Crippen molar-refractivity contribution in [3.05, 3.63) is 29.6 Å². The molecule has 28 heavy (non-hydrogen) atoms. The summed E-state index contributed by atoms with van der Waals surface area (Å²) in [6.45, 7) is 3.50. The van der Waals surface area contributed by atoms with Crippen LogP contribution in [-0.2, 0) is 11.2 Å². The molecule has 2 fully saturated rings. The smallest absolute Gasteiger partial charge is 0.392 e. The number of carboxylic acid groups (broad SMARTS) is 1. The molecule has 156 valence electrons. The van der Waals surface area contributed by atoms with Crippen molar-refractivity contribution in [1.82, 2.24) is 0 Å². The Hall–Kier alpha value is -1.79. The molecule has 0 aromatic heterocycles. The number of carboxylic acids is 1. The SMILES string of the molecule is CC1CN(c2cc(F)ccc2CC(CC2CC2)C(=O)O)CC(C)C1C(F)(F)F. The lowest BCUT2D eigenvalue weighted by Gasteiger charge is -2.43. The molecule has 1 aromatic carbocycles. The van der Waals surface area contributed by atoms with Gasteiger partial charge in [-0.05, 0) is 48.3 Å². The molecule has 1 aliphatic heterocycles. The van der Waals surface area contributed by atoms with Gasteiger partial charge in [0.15, 0.2) is 0 Å². The van der Waals surface area contributed by atoms with Crippen LogP contribution in [0.25, 0.3) is 0 Å². The van der Waals surface area contributed by atoms with Gasteiger partial charge in [-0.25, -0.2) is 4.39 Å². The first-order valence-corrected chi connectivity index (χ1v) is 9.89. The highest BCUT2D eigenvalue weighted by Crippen LogP contribution is 2.43. The molecule has 3 atom stereocenters. The normalized spacial score (nSPS) is 26.9. The van der Waals surface area contributed by atoms with Crippen molar-refractivity contribution in [1.29, 1.82) is 0 Å². The predicted molar refractivity (Wildman–Crippen MR) is 98.7 cm³/mol. The third-order valence-corrected chi connectivity index (χ3v) is 6.14. The van der Waals surface area contributed by atoms with E-state index in [0.29, 0.717) is 23.6 Å². The summed E-state index contributed by atoms with van der Waals surface area (Å²) in [4.78, 5) is 13.5. The highest BCUT2D eigenvalue weighted by Gasteiger charge is 2.49. The number of benzene rings is 1. The Morgan fingerprint density at radius 3 is 2.32 bits per heavy atom. The maximum absolute atomic E-state index is 14.0. The summed E-state index contributed by atoms with van der Waals surface area (Å²) in [5, 5.41) is 9.56. The molecule has 7 heteroatoms. The van der Waals surface area contributed by atoms with Crippen LogP contribution < -0.4 is 4.90 Å². The first-order chi connectivity index (χ1) is 13.1. The van der Waals surface area contributed by atoms with E-state index in [0.717, 1.165) is 12.8 Å². The van der Waals surface area contributed by atoms with Crippen molar-refractivity contribution in [2.45, 2.75) is 45.7 Å². The van der Waals surface area contributed by atoms with Gasteiger partial charge in [-0.15, -0.1) is 0 Å². The summed E-state index contributed by atoms with van der Waals surface area (Å²) in [6, 6.07) is 4.21. The third kappa shape index (κ3) is 4.78. The second kappa shape index (κ2) is 7.91. The number of nitrogens with zero attached hydrogens (tertiary/aromatic N) is 1. The Morgan fingerprint density at radius 1 is 1.21 bits per heavy atom. The van der Waals surface area contributed by atoms with Crippen LogP contribution >= 0.6 is 0 Å². The molecule has 1 N–H and O–H groups in total. The minimum absolute atomic E-state index is 0.172. The van der Waals surface area contributed by atoms with E-state index in [4.69, 9.17) is 0 Å². The lowest BCUT2D eigenvalue weighted by molar-refractivity contribution is -0.203. The Bertz CT molecular complexity index is 705. The van der Waals surface area contributed by atoms with Gasteiger partial charge in [-0.2, -0.15) is 13.2 Å². The van der Waals surface area contributed by atoms with Crippen molar-refractivity contribution < 1.29 is 27.5 Å². The third-order valence-electron chi connectivity index (χ3n) is 6.14. The predicted octanol–water partition coefficient (Wildman–Crippen LogP) is 5.14. The molecule has 1 aromatic rings. The quantitative estimate of drug-likeness (QED) is 0.671. The molecule has 2 aliphatic rings. The zero-order chi connectivity index (χ0) is 20.6. The fraction of sp³-hybridized carbons (Fsp3) is 0.667. The fourth-order valence-corrected chi connectivity index (χ4v) is 4.70. The lowest BCUT2D eigenvalue weighted by Crippen LogP contribution is -2.50. The van der Waals surface area contributed by atoms with Crippen LogP contribution in [0.2, 0.25) is 0 Å².